The van der Waals surface area contributed by atoms with E-state index in [2.05, 4.69) is 31.3 Å². The maximum absolute atomic E-state index is 11.3. The summed E-state index contributed by atoms with van der Waals surface area (Å²) in [4.78, 5) is 11.3. The van der Waals surface area contributed by atoms with Gasteiger partial charge in [0.1, 0.15) is 6.61 Å². The second-order valence-corrected chi connectivity index (χ2v) is 4.55. The minimum Gasteiger partial charge on any atom is -0.447 e. The van der Waals surface area contributed by atoms with Crippen molar-refractivity contribution in [3.63, 3.8) is 0 Å². The van der Waals surface area contributed by atoms with E-state index in [4.69, 9.17) is 9.84 Å². The van der Waals surface area contributed by atoms with Gasteiger partial charge in [0.15, 0.2) is 0 Å². The maximum Gasteiger partial charge on any atom is 0.407 e. The number of carbonyl (C=O) groups excluding carboxylic acids is 1. The molecule has 0 radical (unpaired) electrons. The summed E-state index contributed by atoms with van der Waals surface area (Å²) in [7, 11) is 0. The Balaban J connectivity index is 2.56. The number of amides is 1. The van der Waals surface area contributed by atoms with Gasteiger partial charge in [0.2, 0.25) is 0 Å². The van der Waals surface area contributed by atoms with Crippen molar-refractivity contribution in [2.24, 2.45) is 0 Å². The lowest BCUT2D eigenvalue weighted by Crippen LogP contribution is -2.28. The minimum absolute atomic E-state index is 0.0187. The molecule has 18 heavy (non-hydrogen) atoms. The largest absolute Gasteiger partial charge is 0.447 e. The number of carbonyl (C=O) groups is 1. The molecule has 0 bridgehead atoms. The van der Waals surface area contributed by atoms with E-state index >= 15 is 0 Å². The molecule has 0 aromatic heterocycles. The Morgan fingerprint density at radius 3 is 2.28 bits per heavy atom. The second kappa shape index (κ2) is 7.01. The molecule has 0 aliphatic heterocycles. The molecule has 0 heterocycles. The van der Waals surface area contributed by atoms with Gasteiger partial charge in [-0.15, -0.1) is 0 Å². The zero-order chi connectivity index (χ0) is 13.5. The fourth-order valence-electron chi connectivity index (χ4n) is 1.61. The van der Waals surface area contributed by atoms with Crippen LogP contribution in [0.15, 0.2) is 24.3 Å². The topological polar surface area (TPSA) is 58.6 Å². The summed E-state index contributed by atoms with van der Waals surface area (Å²) >= 11 is 0. The summed E-state index contributed by atoms with van der Waals surface area (Å²) < 4.78 is 4.75. The molecule has 1 aromatic carbocycles. The number of benzene rings is 1. The summed E-state index contributed by atoms with van der Waals surface area (Å²) in [6.45, 7) is 6.03. The van der Waals surface area contributed by atoms with Gasteiger partial charge >= 0.3 is 6.09 Å². The lowest BCUT2D eigenvalue weighted by atomic mass is 10.00. The van der Waals surface area contributed by atoms with Gasteiger partial charge < -0.3 is 15.2 Å². The summed E-state index contributed by atoms with van der Waals surface area (Å²) in [5, 5.41) is 11.3. The van der Waals surface area contributed by atoms with Gasteiger partial charge in [0.25, 0.3) is 0 Å². The van der Waals surface area contributed by atoms with E-state index in [1.807, 2.05) is 19.1 Å². The average Bonchev–Trinajstić information content (AvgIpc) is 2.36. The Hall–Kier alpha value is -1.55. The first kappa shape index (κ1) is 14.5. The highest BCUT2D eigenvalue weighted by molar-refractivity contribution is 5.67. The quantitative estimate of drug-likeness (QED) is 0.845. The average molecular weight is 251 g/mol. The molecule has 0 spiro atoms. The Labute approximate surface area is 108 Å². The molecular formula is C14H21NO3. The SMILES string of the molecule is CC(C)c1ccc(C(C)NC(=O)OCCO)cc1. The summed E-state index contributed by atoms with van der Waals surface area (Å²) in [5.41, 5.74) is 2.30. The van der Waals surface area contributed by atoms with Gasteiger partial charge in [0.05, 0.1) is 12.6 Å². The molecule has 1 amide bonds. The molecule has 4 nitrogen and oxygen atoms in total. The number of nitrogens with one attached hydrogen (secondary N) is 1. The van der Waals surface area contributed by atoms with Gasteiger partial charge in [-0.25, -0.2) is 4.79 Å². The summed E-state index contributed by atoms with van der Waals surface area (Å²) in [5.74, 6) is 0.497. The van der Waals surface area contributed by atoms with Gasteiger partial charge in [-0.05, 0) is 24.0 Å². The van der Waals surface area contributed by atoms with Crippen LogP contribution in [-0.4, -0.2) is 24.4 Å². The van der Waals surface area contributed by atoms with Crippen molar-refractivity contribution in [2.75, 3.05) is 13.2 Å². The third-order valence-corrected chi connectivity index (χ3v) is 2.76. The third-order valence-electron chi connectivity index (χ3n) is 2.76. The van der Waals surface area contributed by atoms with Crippen LogP contribution in [0.5, 0.6) is 0 Å². The Morgan fingerprint density at radius 1 is 1.22 bits per heavy atom. The van der Waals surface area contributed by atoms with E-state index in [1.165, 1.54) is 5.56 Å². The molecule has 1 aromatic rings. The number of alkyl carbamates (subject to hydrolysis) is 1. The Kier molecular flexibility index (Phi) is 5.65. The normalized spacial score (nSPS) is 12.3. The molecule has 1 rings (SSSR count). The van der Waals surface area contributed by atoms with Crippen LogP contribution >= 0.6 is 0 Å². The van der Waals surface area contributed by atoms with Crippen LogP contribution in [0.25, 0.3) is 0 Å². The van der Waals surface area contributed by atoms with Crippen molar-refractivity contribution < 1.29 is 14.6 Å². The smallest absolute Gasteiger partial charge is 0.407 e. The number of rotatable bonds is 5. The lowest BCUT2D eigenvalue weighted by molar-refractivity contribution is 0.116. The highest BCUT2D eigenvalue weighted by atomic mass is 16.6. The molecule has 0 saturated heterocycles. The number of aliphatic hydroxyl groups is 1. The predicted octanol–water partition coefficient (Wildman–Crippen LogP) is 2.59. The van der Waals surface area contributed by atoms with Crippen LogP contribution in [0.4, 0.5) is 4.79 Å². The molecule has 1 unspecified atom stereocenters. The number of hydrogen-bond donors (Lipinski definition) is 2. The van der Waals surface area contributed by atoms with E-state index in [0.29, 0.717) is 5.92 Å². The fraction of sp³-hybridized carbons (Fsp3) is 0.500. The molecule has 0 aliphatic carbocycles. The number of aliphatic hydroxyl groups excluding tert-OH is 1. The first-order chi connectivity index (χ1) is 8.54. The zero-order valence-corrected chi connectivity index (χ0v) is 11.1. The van der Waals surface area contributed by atoms with Crippen LogP contribution in [-0.2, 0) is 4.74 Å². The van der Waals surface area contributed by atoms with Crippen LogP contribution in [0.1, 0.15) is 43.9 Å². The summed E-state index contributed by atoms with van der Waals surface area (Å²) in [6, 6.07) is 8.03. The molecule has 100 valence electrons. The van der Waals surface area contributed by atoms with E-state index in [-0.39, 0.29) is 19.3 Å². The molecule has 0 saturated carbocycles. The first-order valence-electron chi connectivity index (χ1n) is 6.18. The number of ether oxygens (including phenoxy) is 1. The van der Waals surface area contributed by atoms with E-state index in [1.54, 1.807) is 0 Å². The molecule has 0 aliphatic rings. The molecule has 0 fully saturated rings. The van der Waals surface area contributed by atoms with Crippen molar-refractivity contribution in [3.8, 4) is 0 Å². The third kappa shape index (κ3) is 4.37. The molecular weight excluding hydrogens is 230 g/mol. The van der Waals surface area contributed by atoms with Crippen LogP contribution in [0.3, 0.4) is 0 Å². The van der Waals surface area contributed by atoms with E-state index in [9.17, 15) is 4.79 Å². The highest BCUT2D eigenvalue weighted by Crippen LogP contribution is 2.18. The van der Waals surface area contributed by atoms with Gasteiger partial charge in [0, 0.05) is 0 Å². The van der Waals surface area contributed by atoms with Crippen molar-refractivity contribution in [3.05, 3.63) is 35.4 Å². The fourth-order valence-corrected chi connectivity index (χ4v) is 1.61. The van der Waals surface area contributed by atoms with Crippen molar-refractivity contribution >= 4 is 6.09 Å². The van der Waals surface area contributed by atoms with E-state index < -0.39 is 6.09 Å². The van der Waals surface area contributed by atoms with Crippen LogP contribution in [0, 0.1) is 0 Å². The van der Waals surface area contributed by atoms with Gasteiger partial charge in [-0.2, -0.15) is 0 Å². The monoisotopic (exact) mass is 251 g/mol. The Morgan fingerprint density at radius 2 is 1.78 bits per heavy atom. The maximum atomic E-state index is 11.3. The molecule has 2 N–H and O–H groups in total. The molecule has 1 atom stereocenters. The van der Waals surface area contributed by atoms with Gasteiger partial charge in [-0.1, -0.05) is 38.1 Å². The summed E-state index contributed by atoms with van der Waals surface area (Å²) in [6.07, 6.45) is -0.510. The van der Waals surface area contributed by atoms with Crippen LogP contribution < -0.4 is 5.32 Å². The van der Waals surface area contributed by atoms with Gasteiger partial charge in [-0.3, -0.25) is 0 Å². The predicted molar refractivity (Wildman–Crippen MR) is 70.5 cm³/mol. The zero-order valence-electron chi connectivity index (χ0n) is 11.1. The first-order valence-corrected chi connectivity index (χ1v) is 6.18. The lowest BCUT2D eigenvalue weighted by Gasteiger charge is -2.15. The van der Waals surface area contributed by atoms with E-state index in [0.717, 1.165) is 5.56 Å². The second-order valence-electron chi connectivity index (χ2n) is 4.55. The Bertz CT molecular complexity index is 373. The van der Waals surface area contributed by atoms with Crippen molar-refractivity contribution in [1.82, 2.24) is 5.32 Å². The molecule has 4 heteroatoms. The highest BCUT2D eigenvalue weighted by Gasteiger charge is 2.10. The van der Waals surface area contributed by atoms with Crippen molar-refractivity contribution in [1.29, 1.82) is 0 Å². The van der Waals surface area contributed by atoms with Crippen LogP contribution in [0.2, 0.25) is 0 Å². The minimum atomic E-state index is -0.510. The number of hydrogen-bond acceptors (Lipinski definition) is 3. The standard InChI is InChI=1S/C14H21NO3/c1-10(2)12-4-6-13(7-5-12)11(3)15-14(17)18-9-8-16/h4-7,10-11,16H,8-9H2,1-3H3,(H,15,17). The van der Waals surface area contributed by atoms with Crippen molar-refractivity contribution in [2.45, 2.75) is 32.7 Å².